The molecule has 3 N–H and O–H groups in total. The van der Waals surface area contributed by atoms with E-state index in [0.29, 0.717) is 18.5 Å². The summed E-state index contributed by atoms with van der Waals surface area (Å²) in [6.45, 7) is 4.19. The van der Waals surface area contributed by atoms with Gasteiger partial charge in [-0.1, -0.05) is 38.0 Å². The van der Waals surface area contributed by atoms with Crippen LogP contribution in [0.25, 0.3) is 0 Å². The molecule has 1 amide bonds. The summed E-state index contributed by atoms with van der Waals surface area (Å²) in [4.78, 5) is 14.5. The number of hydrogen-bond donors (Lipinski definition) is 2. The predicted molar refractivity (Wildman–Crippen MR) is 87.1 cm³/mol. The van der Waals surface area contributed by atoms with Crippen LogP contribution in [0.5, 0.6) is 0 Å². The molecule has 0 saturated heterocycles. The van der Waals surface area contributed by atoms with Crippen molar-refractivity contribution >= 4 is 11.6 Å². The monoisotopic (exact) mass is 289 g/mol. The van der Waals surface area contributed by atoms with Gasteiger partial charge in [-0.25, -0.2) is 0 Å². The lowest BCUT2D eigenvalue weighted by atomic mass is 9.83. The Morgan fingerprint density at radius 2 is 2.00 bits per heavy atom. The number of para-hydroxylation sites is 1. The third kappa shape index (κ3) is 4.55. The highest BCUT2D eigenvalue weighted by Gasteiger charge is 2.29. The first kappa shape index (κ1) is 16.0. The molecule has 1 aliphatic carbocycles. The molecule has 1 aliphatic rings. The molecule has 21 heavy (non-hydrogen) atoms. The maximum Gasteiger partial charge on any atom is 0.238 e. The quantitative estimate of drug-likeness (QED) is 0.846. The molecule has 4 nitrogen and oxygen atoms in total. The summed E-state index contributed by atoms with van der Waals surface area (Å²) < 4.78 is 0. The molecule has 0 aromatic heterocycles. The molecule has 0 heterocycles. The standard InChI is InChI=1S/C17H27N3O/c1-2-20(16-11-7-6-8-14(16)12-18)13-17(21)19-15-9-4-3-5-10-15/h3-5,9-10,14,16H,2,6-8,11-13,18H2,1H3,(H,19,21). The molecule has 1 aromatic rings. The van der Waals surface area contributed by atoms with Gasteiger partial charge in [0.25, 0.3) is 0 Å². The van der Waals surface area contributed by atoms with E-state index in [9.17, 15) is 4.79 Å². The van der Waals surface area contributed by atoms with Crippen molar-refractivity contribution in [3.8, 4) is 0 Å². The van der Waals surface area contributed by atoms with E-state index >= 15 is 0 Å². The van der Waals surface area contributed by atoms with Gasteiger partial charge in [0.15, 0.2) is 0 Å². The number of carbonyl (C=O) groups is 1. The van der Waals surface area contributed by atoms with Crippen LogP contribution in [-0.4, -0.2) is 36.5 Å². The fourth-order valence-electron chi connectivity index (χ4n) is 3.31. The van der Waals surface area contributed by atoms with Crippen molar-refractivity contribution in [2.24, 2.45) is 11.7 Å². The van der Waals surface area contributed by atoms with Gasteiger partial charge in [0.1, 0.15) is 0 Å². The van der Waals surface area contributed by atoms with E-state index in [-0.39, 0.29) is 5.91 Å². The number of likely N-dealkylation sites (N-methyl/N-ethyl adjacent to an activating group) is 1. The summed E-state index contributed by atoms with van der Waals surface area (Å²) in [5, 5.41) is 2.97. The van der Waals surface area contributed by atoms with E-state index in [0.717, 1.165) is 25.2 Å². The summed E-state index contributed by atoms with van der Waals surface area (Å²) in [6, 6.07) is 10.1. The number of benzene rings is 1. The van der Waals surface area contributed by atoms with E-state index < -0.39 is 0 Å². The normalized spacial score (nSPS) is 22.2. The maximum atomic E-state index is 12.2. The predicted octanol–water partition coefficient (Wildman–Crippen LogP) is 2.46. The van der Waals surface area contributed by atoms with Gasteiger partial charge in [-0.15, -0.1) is 0 Å². The highest BCUT2D eigenvalue weighted by Crippen LogP contribution is 2.27. The molecule has 116 valence electrons. The highest BCUT2D eigenvalue weighted by atomic mass is 16.2. The Morgan fingerprint density at radius 1 is 1.29 bits per heavy atom. The molecule has 1 aromatic carbocycles. The molecule has 2 unspecified atom stereocenters. The zero-order chi connectivity index (χ0) is 15.1. The van der Waals surface area contributed by atoms with Crippen LogP contribution >= 0.6 is 0 Å². The molecule has 0 bridgehead atoms. The number of carbonyl (C=O) groups excluding carboxylic acids is 1. The Kier molecular flexibility index (Phi) is 6.21. The lowest BCUT2D eigenvalue weighted by Gasteiger charge is -2.38. The zero-order valence-corrected chi connectivity index (χ0v) is 12.9. The van der Waals surface area contributed by atoms with Crippen LogP contribution in [-0.2, 0) is 4.79 Å². The van der Waals surface area contributed by atoms with E-state index in [1.165, 1.54) is 19.3 Å². The molecule has 1 saturated carbocycles. The van der Waals surface area contributed by atoms with Crippen molar-refractivity contribution in [2.45, 2.75) is 38.6 Å². The lowest BCUT2D eigenvalue weighted by Crippen LogP contribution is -2.47. The number of rotatable bonds is 6. The Labute approximate surface area is 127 Å². The molecular formula is C17H27N3O. The van der Waals surface area contributed by atoms with Gasteiger partial charge in [0.2, 0.25) is 5.91 Å². The van der Waals surface area contributed by atoms with Crippen LogP contribution in [0.3, 0.4) is 0 Å². The van der Waals surface area contributed by atoms with E-state index in [2.05, 4.69) is 17.1 Å². The Bertz CT molecular complexity index is 435. The Hall–Kier alpha value is -1.39. The van der Waals surface area contributed by atoms with Crippen molar-refractivity contribution in [1.29, 1.82) is 0 Å². The van der Waals surface area contributed by atoms with Crippen molar-refractivity contribution < 1.29 is 4.79 Å². The van der Waals surface area contributed by atoms with Crippen LogP contribution < -0.4 is 11.1 Å². The topological polar surface area (TPSA) is 58.4 Å². The van der Waals surface area contributed by atoms with Gasteiger partial charge in [-0.2, -0.15) is 0 Å². The van der Waals surface area contributed by atoms with Crippen LogP contribution in [0.2, 0.25) is 0 Å². The summed E-state index contributed by atoms with van der Waals surface area (Å²) in [5.74, 6) is 0.590. The minimum Gasteiger partial charge on any atom is -0.330 e. The minimum atomic E-state index is 0.0596. The molecule has 0 aliphatic heterocycles. The number of hydrogen-bond acceptors (Lipinski definition) is 3. The number of anilines is 1. The van der Waals surface area contributed by atoms with Crippen molar-refractivity contribution in [3.05, 3.63) is 30.3 Å². The van der Waals surface area contributed by atoms with Gasteiger partial charge < -0.3 is 11.1 Å². The number of nitrogens with two attached hydrogens (primary N) is 1. The van der Waals surface area contributed by atoms with Gasteiger partial charge in [0.05, 0.1) is 6.54 Å². The summed E-state index contributed by atoms with van der Waals surface area (Å²) in [7, 11) is 0. The van der Waals surface area contributed by atoms with Gasteiger partial charge in [-0.3, -0.25) is 9.69 Å². The van der Waals surface area contributed by atoms with Crippen LogP contribution in [0.4, 0.5) is 5.69 Å². The van der Waals surface area contributed by atoms with Crippen LogP contribution in [0, 0.1) is 5.92 Å². The van der Waals surface area contributed by atoms with Crippen LogP contribution in [0.1, 0.15) is 32.6 Å². The SMILES string of the molecule is CCN(CC(=O)Nc1ccccc1)C1CCCCC1CN. The molecule has 0 spiro atoms. The first-order chi connectivity index (χ1) is 10.2. The fourth-order valence-corrected chi connectivity index (χ4v) is 3.31. The summed E-state index contributed by atoms with van der Waals surface area (Å²) in [5.41, 5.74) is 6.77. The summed E-state index contributed by atoms with van der Waals surface area (Å²) >= 11 is 0. The second-order valence-electron chi connectivity index (χ2n) is 5.82. The van der Waals surface area contributed by atoms with E-state index in [4.69, 9.17) is 5.73 Å². The smallest absolute Gasteiger partial charge is 0.238 e. The zero-order valence-electron chi connectivity index (χ0n) is 12.9. The van der Waals surface area contributed by atoms with E-state index in [1.54, 1.807) is 0 Å². The highest BCUT2D eigenvalue weighted by molar-refractivity contribution is 5.92. The first-order valence-electron chi connectivity index (χ1n) is 8.03. The van der Waals surface area contributed by atoms with Gasteiger partial charge in [-0.05, 0) is 44.0 Å². The molecule has 2 rings (SSSR count). The average molecular weight is 289 g/mol. The number of nitrogens with one attached hydrogen (secondary N) is 1. The molecule has 0 radical (unpaired) electrons. The second kappa shape index (κ2) is 8.15. The van der Waals surface area contributed by atoms with Crippen LogP contribution in [0.15, 0.2) is 30.3 Å². The third-order valence-corrected chi connectivity index (χ3v) is 4.45. The van der Waals surface area contributed by atoms with Crippen molar-refractivity contribution in [3.63, 3.8) is 0 Å². The molecular weight excluding hydrogens is 262 g/mol. The minimum absolute atomic E-state index is 0.0596. The fraction of sp³-hybridized carbons (Fsp3) is 0.588. The maximum absolute atomic E-state index is 12.2. The van der Waals surface area contributed by atoms with Crippen molar-refractivity contribution in [1.82, 2.24) is 4.90 Å². The molecule has 2 atom stereocenters. The average Bonchev–Trinajstić information content (AvgIpc) is 2.53. The summed E-state index contributed by atoms with van der Waals surface area (Å²) in [6.07, 6.45) is 4.87. The Morgan fingerprint density at radius 3 is 2.67 bits per heavy atom. The number of amides is 1. The van der Waals surface area contributed by atoms with Gasteiger partial charge >= 0.3 is 0 Å². The lowest BCUT2D eigenvalue weighted by molar-refractivity contribution is -0.118. The largest absolute Gasteiger partial charge is 0.330 e. The Balaban J connectivity index is 1.93. The molecule has 1 fully saturated rings. The second-order valence-corrected chi connectivity index (χ2v) is 5.82. The number of nitrogens with zero attached hydrogens (tertiary/aromatic N) is 1. The first-order valence-corrected chi connectivity index (χ1v) is 8.03. The van der Waals surface area contributed by atoms with Gasteiger partial charge in [0, 0.05) is 11.7 Å². The molecule has 4 heteroatoms. The third-order valence-electron chi connectivity index (χ3n) is 4.45. The van der Waals surface area contributed by atoms with E-state index in [1.807, 2.05) is 30.3 Å². The van der Waals surface area contributed by atoms with Crippen molar-refractivity contribution in [2.75, 3.05) is 25.0 Å².